The summed E-state index contributed by atoms with van der Waals surface area (Å²) in [6.07, 6.45) is 0. The van der Waals surface area contributed by atoms with Crippen LogP contribution in [0.15, 0.2) is 36.4 Å². The van der Waals surface area contributed by atoms with Gasteiger partial charge in [0.25, 0.3) is 0 Å². The molecule has 0 N–H and O–H groups in total. The van der Waals surface area contributed by atoms with E-state index in [4.69, 9.17) is 0 Å². The Kier molecular flexibility index (Phi) is 5.99. The normalized spacial score (nSPS) is 10.1. The Labute approximate surface area is 173 Å². The Morgan fingerprint density at radius 1 is 0.533 bits per heavy atom. The summed E-state index contributed by atoms with van der Waals surface area (Å²) in [4.78, 5) is 0. The molecule has 0 aliphatic heterocycles. The molecule has 0 fully saturated rings. The van der Waals surface area contributed by atoms with Gasteiger partial charge in [0, 0.05) is 11.1 Å². The van der Waals surface area contributed by atoms with Crippen LogP contribution in [-0.2, 0) is 0 Å². The highest BCUT2D eigenvalue weighted by Gasteiger charge is 2.23. The predicted molar refractivity (Wildman–Crippen MR) is 110 cm³/mol. The Morgan fingerprint density at radius 3 is 1.37 bits per heavy atom. The van der Waals surface area contributed by atoms with Gasteiger partial charge in [-0.15, -0.1) is 0 Å². The monoisotopic (exact) mass is 406 g/mol. The number of benzene rings is 3. The zero-order chi connectivity index (χ0) is 22.0. The fourth-order valence-electron chi connectivity index (χ4n) is 2.87. The third-order valence-electron chi connectivity index (χ3n) is 4.91. The van der Waals surface area contributed by atoms with Crippen LogP contribution >= 0.6 is 0 Å². The first-order chi connectivity index (χ1) is 14.2. The Hall–Kier alpha value is -3.50. The summed E-state index contributed by atoms with van der Waals surface area (Å²) in [5.41, 5.74) is 3.02. The summed E-state index contributed by atoms with van der Waals surface area (Å²) < 4.78 is 57.8. The van der Waals surface area contributed by atoms with E-state index in [0.29, 0.717) is 11.1 Å². The number of hydrogen-bond acceptors (Lipinski definition) is 0. The van der Waals surface area contributed by atoms with Crippen molar-refractivity contribution in [1.29, 1.82) is 0 Å². The van der Waals surface area contributed by atoms with Crippen LogP contribution in [-0.4, -0.2) is 0 Å². The van der Waals surface area contributed by atoms with Crippen molar-refractivity contribution >= 4 is 0 Å². The first-order valence-corrected chi connectivity index (χ1v) is 9.23. The van der Waals surface area contributed by atoms with Crippen LogP contribution in [0.1, 0.15) is 44.5 Å². The van der Waals surface area contributed by atoms with Crippen LogP contribution in [0.25, 0.3) is 0 Å². The predicted octanol–water partition coefficient (Wildman–Crippen LogP) is 6.28. The molecule has 3 rings (SSSR count). The lowest BCUT2D eigenvalue weighted by atomic mass is 10.0. The second kappa shape index (κ2) is 8.47. The van der Waals surface area contributed by atoms with Crippen molar-refractivity contribution in [2.45, 2.75) is 27.7 Å². The van der Waals surface area contributed by atoms with Gasteiger partial charge in [0.2, 0.25) is 0 Å². The Bertz CT molecular complexity index is 1210. The van der Waals surface area contributed by atoms with Gasteiger partial charge in [-0.1, -0.05) is 41.4 Å². The molecule has 4 heteroatoms. The minimum absolute atomic E-state index is 0.467. The summed E-state index contributed by atoms with van der Waals surface area (Å²) in [5.74, 6) is 3.29. The highest BCUT2D eigenvalue weighted by atomic mass is 19.2. The number of halogens is 4. The maximum Gasteiger partial charge on any atom is 0.178 e. The van der Waals surface area contributed by atoms with E-state index in [9.17, 15) is 17.6 Å². The van der Waals surface area contributed by atoms with Crippen molar-refractivity contribution in [3.63, 3.8) is 0 Å². The maximum atomic E-state index is 14.5. The first-order valence-electron chi connectivity index (χ1n) is 9.23. The molecule has 0 unspecified atom stereocenters. The molecule has 3 aromatic carbocycles. The van der Waals surface area contributed by atoms with E-state index in [1.807, 2.05) is 27.7 Å². The van der Waals surface area contributed by atoms with Crippen LogP contribution in [0, 0.1) is 74.6 Å². The molecule has 30 heavy (non-hydrogen) atoms. The molecule has 0 bridgehead atoms. The molecule has 0 nitrogen and oxygen atoms in total. The smallest absolute Gasteiger partial charge is 0.178 e. The fraction of sp³-hybridized carbons (Fsp3) is 0.154. The van der Waals surface area contributed by atoms with E-state index in [2.05, 4.69) is 23.7 Å². The summed E-state index contributed by atoms with van der Waals surface area (Å²) in [7, 11) is 0. The van der Waals surface area contributed by atoms with Gasteiger partial charge in [-0.25, -0.2) is 17.6 Å². The lowest BCUT2D eigenvalue weighted by Crippen LogP contribution is -2.04. The Morgan fingerprint density at radius 2 is 0.933 bits per heavy atom. The second-order valence-electron chi connectivity index (χ2n) is 7.11. The fourth-order valence-corrected chi connectivity index (χ4v) is 2.87. The average Bonchev–Trinajstić information content (AvgIpc) is 2.71. The van der Waals surface area contributed by atoms with Gasteiger partial charge in [-0.3, -0.25) is 0 Å². The van der Waals surface area contributed by atoms with Crippen molar-refractivity contribution in [1.82, 2.24) is 0 Å². The third-order valence-corrected chi connectivity index (χ3v) is 4.91. The zero-order valence-electron chi connectivity index (χ0n) is 17.0. The van der Waals surface area contributed by atoms with Crippen molar-refractivity contribution < 1.29 is 17.6 Å². The van der Waals surface area contributed by atoms with Crippen LogP contribution in [0.4, 0.5) is 17.6 Å². The van der Waals surface area contributed by atoms with Crippen LogP contribution in [0.5, 0.6) is 0 Å². The molecule has 0 aromatic heterocycles. The van der Waals surface area contributed by atoms with Crippen molar-refractivity contribution in [3.8, 4) is 23.7 Å². The molecule has 0 aliphatic carbocycles. The van der Waals surface area contributed by atoms with E-state index in [1.165, 1.54) is 0 Å². The van der Waals surface area contributed by atoms with Crippen molar-refractivity contribution in [2.75, 3.05) is 0 Å². The molecule has 0 aliphatic rings. The lowest BCUT2D eigenvalue weighted by Gasteiger charge is -2.06. The number of rotatable bonds is 0. The van der Waals surface area contributed by atoms with Crippen LogP contribution in [0.2, 0.25) is 0 Å². The van der Waals surface area contributed by atoms with Gasteiger partial charge in [0.1, 0.15) is 11.1 Å². The van der Waals surface area contributed by atoms with E-state index >= 15 is 0 Å². The van der Waals surface area contributed by atoms with E-state index < -0.39 is 34.4 Å². The number of hydrogen-bond donors (Lipinski definition) is 0. The minimum Gasteiger partial charge on any atom is -0.202 e. The van der Waals surface area contributed by atoms with E-state index in [-0.39, 0.29) is 0 Å². The summed E-state index contributed by atoms with van der Waals surface area (Å²) >= 11 is 0. The molecular weight excluding hydrogens is 388 g/mol. The largest absolute Gasteiger partial charge is 0.202 e. The van der Waals surface area contributed by atoms with Crippen LogP contribution in [0.3, 0.4) is 0 Å². The summed E-state index contributed by atoms with van der Waals surface area (Å²) in [6, 6.07) is 10.3. The maximum absolute atomic E-state index is 14.5. The van der Waals surface area contributed by atoms with Crippen molar-refractivity contribution in [2.24, 2.45) is 0 Å². The van der Waals surface area contributed by atoms with Gasteiger partial charge >= 0.3 is 0 Å². The standard InChI is InChI=1S/C26H18F4/c1-15-5-7-19(8-6-15)9-11-21-23(27)25(29)22(26(30)24(21)28)12-10-20-13-16(2)18(4)17(3)14-20/h5-8,13-14H,1-4H3. The summed E-state index contributed by atoms with van der Waals surface area (Å²) in [5, 5.41) is 0. The lowest BCUT2D eigenvalue weighted by molar-refractivity contribution is 0.447. The summed E-state index contributed by atoms with van der Waals surface area (Å²) in [6.45, 7) is 7.59. The van der Waals surface area contributed by atoms with Gasteiger partial charge in [0.15, 0.2) is 23.3 Å². The van der Waals surface area contributed by atoms with Crippen LogP contribution < -0.4 is 0 Å². The molecule has 0 amide bonds. The highest BCUT2D eigenvalue weighted by Crippen LogP contribution is 2.23. The molecule has 150 valence electrons. The zero-order valence-corrected chi connectivity index (χ0v) is 17.0. The van der Waals surface area contributed by atoms with E-state index in [0.717, 1.165) is 22.3 Å². The minimum atomic E-state index is -1.56. The average molecular weight is 406 g/mol. The molecule has 0 spiro atoms. The van der Waals surface area contributed by atoms with Gasteiger partial charge in [0.05, 0.1) is 0 Å². The first kappa shape index (κ1) is 21.2. The Balaban J connectivity index is 2.05. The number of aryl methyl sites for hydroxylation is 3. The second-order valence-corrected chi connectivity index (χ2v) is 7.11. The van der Waals surface area contributed by atoms with E-state index in [1.54, 1.807) is 36.4 Å². The van der Waals surface area contributed by atoms with Gasteiger partial charge in [-0.2, -0.15) is 0 Å². The molecule has 0 saturated heterocycles. The quantitative estimate of drug-likeness (QED) is 0.234. The third kappa shape index (κ3) is 4.24. The molecule has 0 heterocycles. The molecular formula is C26H18F4. The topological polar surface area (TPSA) is 0 Å². The SMILES string of the molecule is Cc1ccc(C#Cc2c(F)c(F)c(C#Cc3cc(C)c(C)c(C)c3)c(F)c2F)cc1. The molecule has 0 atom stereocenters. The van der Waals surface area contributed by atoms with Gasteiger partial charge < -0.3 is 0 Å². The molecule has 0 radical (unpaired) electrons. The highest BCUT2D eigenvalue weighted by molar-refractivity contribution is 5.52. The van der Waals surface area contributed by atoms with Crippen molar-refractivity contribution in [3.05, 3.63) is 104 Å². The van der Waals surface area contributed by atoms with Gasteiger partial charge in [-0.05, 0) is 68.7 Å². The molecule has 0 saturated carbocycles. The molecule has 3 aromatic rings.